The average molecular weight is 356 g/mol. The lowest BCUT2D eigenvalue weighted by molar-refractivity contribution is -0.905. The number of fused-ring (bicyclic) bond motifs is 1. The molecule has 1 aliphatic rings. The van der Waals surface area contributed by atoms with Gasteiger partial charge in [0.1, 0.15) is 11.9 Å². The van der Waals surface area contributed by atoms with E-state index in [4.69, 9.17) is 0 Å². The minimum Gasteiger partial charge on any atom is -0.323 e. The number of imide groups is 1. The number of urea groups is 1. The van der Waals surface area contributed by atoms with Gasteiger partial charge in [-0.3, -0.25) is 10.1 Å². The summed E-state index contributed by atoms with van der Waals surface area (Å²) < 4.78 is 13.5. The molecule has 0 heterocycles. The maximum atomic E-state index is 13.5. The van der Waals surface area contributed by atoms with Crippen molar-refractivity contribution in [1.29, 1.82) is 0 Å². The summed E-state index contributed by atoms with van der Waals surface area (Å²) in [5, 5.41) is 4.63. The van der Waals surface area contributed by atoms with E-state index in [1.54, 1.807) is 6.07 Å². The molecule has 2 atom stereocenters. The van der Waals surface area contributed by atoms with Crippen LogP contribution < -0.4 is 15.5 Å². The number of aryl methyl sites for hydroxylation is 1. The van der Waals surface area contributed by atoms with E-state index in [9.17, 15) is 14.0 Å². The highest BCUT2D eigenvalue weighted by molar-refractivity contribution is 6.01. The number of anilines is 1. The molecule has 26 heavy (non-hydrogen) atoms. The van der Waals surface area contributed by atoms with Crippen molar-refractivity contribution >= 4 is 17.6 Å². The predicted octanol–water partition coefficient (Wildman–Crippen LogP) is 2.07. The molecule has 2 aromatic rings. The first-order valence-corrected chi connectivity index (χ1v) is 8.80. The smallest absolute Gasteiger partial charge is 0.323 e. The first-order valence-electron chi connectivity index (χ1n) is 8.80. The van der Waals surface area contributed by atoms with Crippen LogP contribution in [0.4, 0.5) is 14.9 Å². The quantitative estimate of drug-likeness (QED) is 0.785. The Balaban J connectivity index is 1.57. The van der Waals surface area contributed by atoms with Crippen molar-refractivity contribution < 1.29 is 18.9 Å². The molecule has 3 N–H and O–H groups in total. The lowest BCUT2D eigenvalue weighted by atomic mass is 9.87. The highest BCUT2D eigenvalue weighted by atomic mass is 19.1. The van der Waals surface area contributed by atoms with Crippen LogP contribution in [0, 0.1) is 5.82 Å². The molecule has 0 saturated heterocycles. The summed E-state index contributed by atoms with van der Waals surface area (Å²) in [6, 6.07) is 13.6. The number of benzene rings is 2. The highest BCUT2D eigenvalue weighted by Crippen LogP contribution is 2.27. The first-order chi connectivity index (χ1) is 12.5. The zero-order valence-electron chi connectivity index (χ0n) is 14.7. The zero-order valence-corrected chi connectivity index (χ0v) is 14.7. The lowest BCUT2D eigenvalue weighted by Crippen LogP contribution is -3.10. The zero-order chi connectivity index (χ0) is 18.5. The minimum atomic E-state index is -0.725. The van der Waals surface area contributed by atoms with Crippen molar-refractivity contribution in [1.82, 2.24) is 5.32 Å². The lowest BCUT2D eigenvalue weighted by Gasteiger charge is -2.30. The van der Waals surface area contributed by atoms with Crippen LogP contribution in [0.25, 0.3) is 0 Å². The fourth-order valence-corrected chi connectivity index (χ4v) is 3.53. The number of quaternary nitrogens is 1. The Kier molecular flexibility index (Phi) is 5.63. The molecule has 1 unspecified atom stereocenters. The van der Waals surface area contributed by atoms with Crippen LogP contribution >= 0.6 is 0 Å². The molecule has 2 aromatic carbocycles. The Morgan fingerprint density at radius 3 is 2.69 bits per heavy atom. The summed E-state index contributed by atoms with van der Waals surface area (Å²) in [6.45, 7) is 0.170. The number of para-hydroxylation sites is 1. The molecule has 0 aromatic heterocycles. The summed E-state index contributed by atoms with van der Waals surface area (Å²) in [6.07, 6.45) is 3.17. The molecule has 0 aliphatic heterocycles. The van der Waals surface area contributed by atoms with Gasteiger partial charge in [-0.2, -0.15) is 0 Å². The van der Waals surface area contributed by atoms with E-state index in [0.29, 0.717) is 0 Å². The van der Waals surface area contributed by atoms with Crippen molar-refractivity contribution in [2.75, 3.05) is 18.9 Å². The van der Waals surface area contributed by atoms with Gasteiger partial charge in [0, 0.05) is 12.0 Å². The number of hydrogen-bond donors (Lipinski definition) is 3. The molecular formula is C20H23FN3O2+. The summed E-state index contributed by atoms with van der Waals surface area (Å²) in [5.74, 6) is -0.934. The van der Waals surface area contributed by atoms with Gasteiger partial charge in [0.15, 0.2) is 6.54 Å². The van der Waals surface area contributed by atoms with Crippen LogP contribution in [0.3, 0.4) is 0 Å². The van der Waals surface area contributed by atoms with E-state index in [-0.39, 0.29) is 24.2 Å². The SMILES string of the molecule is C[NH+](CC(=O)NC(=O)Nc1ccccc1F)[C@@H]1CCCc2ccccc21. The Morgan fingerprint density at radius 1 is 1.15 bits per heavy atom. The third-order valence-electron chi connectivity index (χ3n) is 4.78. The Labute approximate surface area is 152 Å². The molecule has 3 rings (SSSR count). The second-order valence-corrected chi connectivity index (χ2v) is 6.65. The number of amides is 3. The molecule has 3 amide bonds. The number of nitrogens with one attached hydrogen (secondary N) is 3. The van der Waals surface area contributed by atoms with Crippen LogP contribution in [0.2, 0.25) is 0 Å². The molecule has 0 fully saturated rings. The van der Waals surface area contributed by atoms with Crippen molar-refractivity contribution in [3.05, 3.63) is 65.5 Å². The summed E-state index contributed by atoms with van der Waals surface area (Å²) >= 11 is 0. The number of likely N-dealkylation sites (N-methyl/N-ethyl adjacent to an activating group) is 1. The first kappa shape index (κ1) is 18.1. The summed E-state index contributed by atoms with van der Waals surface area (Å²) in [4.78, 5) is 25.2. The van der Waals surface area contributed by atoms with E-state index >= 15 is 0 Å². The standard InChI is InChI=1S/C20H22FN3O2/c1-24(18-12-6-8-14-7-2-3-9-15(14)18)13-19(25)23-20(26)22-17-11-5-4-10-16(17)21/h2-5,7,9-11,18H,6,8,12-13H2,1H3,(H2,22,23,25,26)/p+1/t18-/m1/s1. The van der Waals surface area contributed by atoms with E-state index in [0.717, 1.165) is 24.2 Å². The third-order valence-corrected chi connectivity index (χ3v) is 4.78. The van der Waals surface area contributed by atoms with Crippen molar-refractivity contribution in [2.24, 2.45) is 0 Å². The second kappa shape index (κ2) is 8.10. The van der Waals surface area contributed by atoms with Crippen molar-refractivity contribution in [2.45, 2.75) is 25.3 Å². The van der Waals surface area contributed by atoms with Gasteiger partial charge in [-0.15, -0.1) is 0 Å². The van der Waals surface area contributed by atoms with Gasteiger partial charge in [0.25, 0.3) is 5.91 Å². The Hall–Kier alpha value is -2.73. The van der Waals surface area contributed by atoms with Gasteiger partial charge in [0.05, 0.1) is 12.7 Å². The topological polar surface area (TPSA) is 62.6 Å². The van der Waals surface area contributed by atoms with E-state index in [2.05, 4.69) is 22.8 Å². The van der Waals surface area contributed by atoms with Crippen molar-refractivity contribution in [3.63, 3.8) is 0 Å². The normalized spacial score (nSPS) is 17.1. The van der Waals surface area contributed by atoms with Crippen LogP contribution in [-0.2, 0) is 11.2 Å². The number of rotatable bonds is 4. The maximum Gasteiger partial charge on any atom is 0.326 e. The maximum absolute atomic E-state index is 13.5. The van der Waals surface area contributed by atoms with E-state index in [1.807, 2.05) is 19.2 Å². The van der Waals surface area contributed by atoms with Gasteiger partial charge >= 0.3 is 6.03 Å². The third kappa shape index (κ3) is 4.26. The van der Waals surface area contributed by atoms with Gasteiger partial charge in [-0.1, -0.05) is 36.4 Å². The number of carbonyl (C=O) groups excluding carboxylic acids is 2. The van der Waals surface area contributed by atoms with Gasteiger partial charge < -0.3 is 10.2 Å². The largest absolute Gasteiger partial charge is 0.326 e. The average Bonchev–Trinajstić information content (AvgIpc) is 2.63. The van der Waals surface area contributed by atoms with Crippen LogP contribution in [-0.4, -0.2) is 25.5 Å². The monoisotopic (exact) mass is 356 g/mol. The second-order valence-electron chi connectivity index (χ2n) is 6.65. The molecule has 1 aliphatic carbocycles. The van der Waals surface area contributed by atoms with Crippen LogP contribution in [0.15, 0.2) is 48.5 Å². The molecule has 0 saturated carbocycles. The van der Waals surface area contributed by atoms with E-state index in [1.165, 1.54) is 29.3 Å². The molecule has 136 valence electrons. The molecule has 0 bridgehead atoms. The highest BCUT2D eigenvalue weighted by Gasteiger charge is 2.28. The number of carbonyl (C=O) groups is 2. The minimum absolute atomic E-state index is 0.0414. The van der Waals surface area contributed by atoms with Crippen LogP contribution in [0.1, 0.15) is 30.0 Å². The molecule has 6 heteroatoms. The summed E-state index contributed by atoms with van der Waals surface area (Å²) in [5.41, 5.74) is 2.65. The molecule has 5 nitrogen and oxygen atoms in total. The molecule has 0 spiro atoms. The van der Waals surface area contributed by atoms with E-state index < -0.39 is 11.8 Å². The Bertz CT molecular complexity index is 809. The fourth-order valence-electron chi connectivity index (χ4n) is 3.53. The van der Waals surface area contributed by atoms with Crippen molar-refractivity contribution in [3.8, 4) is 0 Å². The summed E-state index contributed by atoms with van der Waals surface area (Å²) in [7, 11) is 1.96. The predicted molar refractivity (Wildman–Crippen MR) is 97.4 cm³/mol. The fraction of sp³-hybridized carbons (Fsp3) is 0.300. The molecule has 0 radical (unpaired) electrons. The number of halogens is 1. The van der Waals surface area contributed by atoms with Gasteiger partial charge in [-0.25, -0.2) is 9.18 Å². The van der Waals surface area contributed by atoms with Gasteiger partial charge in [0.2, 0.25) is 0 Å². The molecular weight excluding hydrogens is 333 g/mol. The van der Waals surface area contributed by atoms with Crippen LogP contribution in [0.5, 0.6) is 0 Å². The number of hydrogen-bond acceptors (Lipinski definition) is 2. The van der Waals surface area contributed by atoms with Gasteiger partial charge in [-0.05, 0) is 30.5 Å². The Morgan fingerprint density at radius 2 is 1.88 bits per heavy atom.